The molecule has 0 unspecified atom stereocenters. The number of aromatic nitrogens is 2. The van der Waals surface area contributed by atoms with Gasteiger partial charge in [-0.2, -0.15) is 13.2 Å². The van der Waals surface area contributed by atoms with Crippen LogP contribution in [-0.2, 0) is 11.0 Å². The molecular weight excluding hydrogens is 299 g/mol. The Morgan fingerprint density at radius 2 is 1.91 bits per heavy atom. The fourth-order valence-corrected chi connectivity index (χ4v) is 3.23. The van der Waals surface area contributed by atoms with Gasteiger partial charge in [0.05, 0.1) is 0 Å². The summed E-state index contributed by atoms with van der Waals surface area (Å²) in [4.78, 5) is 12.4. The zero-order valence-electron chi connectivity index (χ0n) is 11.8. The van der Waals surface area contributed by atoms with Crippen molar-refractivity contribution in [1.82, 2.24) is 15.1 Å². The zero-order valence-corrected chi connectivity index (χ0v) is 11.8. The number of likely N-dealkylation sites (tertiary alicyclic amines) is 1. The van der Waals surface area contributed by atoms with Crippen LogP contribution in [0.5, 0.6) is 5.88 Å². The predicted octanol–water partition coefficient (Wildman–Crippen LogP) is 2.28. The fourth-order valence-electron chi connectivity index (χ4n) is 3.23. The summed E-state index contributed by atoms with van der Waals surface area (Å²) in [6, 6.07) is 2.08. The van der Waals surface area contributed by atoms with E-state index in [1.807, 2.05) is 0 Å². The molecule has 0 bridgehead atoms. The van der Waals surface area contributed by atoms with Gasteiger partial charge in [-0.05, 0) is 31.7 Å². The van der Waals surface area contributed by atoms with Crippen molar-refractivity contribution in [2.75, 3.05) is 13.1 Å². The molecule has 2 aliphatic rings. The molecule has 2 heterocycles. The van der Waals surface area contributed by atoms with E-state index in [9.17, 15) is 18.0 Å². The molecular formula is C14H16F3N3O2. The molecule has 3 rings (SSSR count). The number of amides is 1. The van der Waals surface area contributed by atoms with Crippen LogP contribution in [-0.4, -0.2) is 40.7 Å². The molecule has 2 fully saturated rings. The van der Waals surface area contributed by atoms with Crippen molar-refractivity contribution in [3.8, 4) is 5.88 Å². The predicted molar refractivity (Wildman–Crippen MR) is 70.0 cm³/mol. The monoisotopic (exact) mass is 315 g/mol. The first-order valence-electron chi connectivity index (χ1n) is 7.17. The quantitative estimate of drug-likeness (QED) is 0.803. The highest BCUT2D eigenvalue weighted by molar-refractivity contribution is 5.49. The van der Waals surface area contributed by atoms with E-state index >= 15 is 0 Å². The van der Waals surface area contributed by atoms with Crippen molar-refractivity contribution >= 4 is 6.41 Å². The van der Waals surface area contributed by atoms with Gasteiger partial charge in [-0.15, -0.1) is 10.2 Å². The molecule has 1 aliphatic carbocycles. The van der Waals surface area contributed by atoms with Crippen molar-refractivity contribution in [1.29, 1.82) is 0 Å². The van der Waals surface area contributed by atoms with Gasteiger partial charge in [0.25, 0.3) is 0 Å². The normalized spacial score (nSPS) is 21.5. The van der Waals surface area contributed by atoms with Gasteiger partial charge in [-0.25, -0.2) is 0 Å². The van der Waals surface area contributed by atoms with Crippen molar-refractivity contribution in [2.24, 2.45) is 5.41 Å². The van der Waals surface area contributed by atoms with E-state index in [1.165, 1.54) is 6.07 Å². The molecule has 1 amide bonds. The molecule has 1 saturated carbocycles. The van der Waals surface area contributed by atoms with Crippen LogP contribution in [0.15, 0.2) is 12.1 Å². The second-order valence-electron chi connectivity index (χ2n) is 6.08. The van der Waals surface area contributed by atoms with Crippen molar-refractivity contribution in [3.05, 3.63) is 17.8 Å². The van der Waals surface area contributed by atoms with Gasteiger partial charge in [0.15, 0.2) is 5.69 Å². The highest BCUT2D eigenvalue weighted by atomic mass is 19.4. The maximum absolute atomic E-state index is 12.4. The number of carbonyl (C=O) groups excluding carboxylic acids is 1. The Kier molecular flexibility index (Phi) is 3.70. The molecule has 22 heavy (non-hydrogen) atoms. The van der Waals surface area contributed by atoms with Gasteiger partial charge in [-0.1, -0.05) is 0 Å². The number of carbonyl (C=O) groups is 1. The van der Waals surface area contributed by atoms with Gasteiger partial charge in [0, 0.05) is 24.6 Å². The van der Waals surface area contributed by atoms with Gasteiger partial charge in [-0.3, -0.25) is 4.79 Å². The topological polar surface area (TPSA) is 55.3 Å². The molecule has 8 heteroatoms. The minimum atomic E-state index is -4.49. The third kappa shape index (κ3) is 3.00. The number of alkyl halides is 3. The fraction of sp³-hybridized carbons (Fsp3) is 0.643. The smallest absolute Gasteiger partial charge is 0.435 e. The van der Waals surface area contributed by atoms with Gasteiger partial charge in [0.1, 0.15) is 6.10 Å². The largest absolute Gasteiger partial charge is 0.473 e. The van der Waals surface area contributed by atoms with E-state index in [0.29, 0.717) is 0 Å². The average molecular weight is 315 g/mol. The lowest BCUT2D eigenvalue weighted by Crippen LogP contribution is -2.57. The summed E-state index contributed by atoms with van der Waals surface area (Å²) < 4.78 is 42.8. The van der Waals surface area contributed by atoms with Crippen LogP contribution in [0.2, 0.25) is 0 Å². The first-order valence-corrected chi connectivity index (χ1v) is 7.17. The Morgan fingerprint density at radius 1 is 1.23 bits per heavy atom. The van der Waals surface area contributed by atoms with E-state index in [1.54, 1.807) is 4.90 Å². The van der Waals surface area contributed by atoms with Gasteiger partial charge in [0.2, 0.25) is 12.3 Å². The lowest BCUT2D eigenvalue weighted by molar-refractivity contribution is -0.141. The van der Waals surface area contributed by atoms with Crippen molar-refractivity contribution < 1.29 is 22.7 Å². The minimum Gasteiger partial charge on any atom is -0.473 e. The summed E-state index contributed by atoms with van der Waals surface area (Å²) in [7, 11) is 0. The molecule has 1 aromatic heterocycles. The highest BCUT2D eigenvalue weighted by Crippen LogP contribution is 2.43. The molecule has 1 aromatic rings. The van der Waals surface area contributed by atoms with E-state index < -0.39 is 11.9 Å². The highest BCUT2D eigenvalue weighted by Gasteiger charge is 2.45. The van der Waals surface area contributed by atoms with Crippen LogP contribution in [0.4, 0.5) is 13.2 Å². The van der Waals surface area contributed by atoms with E-state index in [-0.39, 0.29) is 17.4 Å². The number of hydrogen-bond donors (Lipinski definition) is 0. The number of halogens is 3. The molecule has 0 radical (unpaired) electrons. The first-order chi connectivity index (χ1) is 10.4. The van der Waals surface area contributed by atoms with E-state index in [2.05, 4.69) is 10.2 Å². The molecule has 1 aliphatic heterocycles. The third-order valence-electron chi connectivity index (χ3n) is 4.44. The van der Waals surface area contributed by atoms with Crippen molar-refractivity contribution in [2.45, 2.75) is 38.0 Å². The summed E-state index contributed by atoms with van der Waals surface area (Å²) in [5.41, 5.74) is -0.807. The summed E-state index contributed by atoms with van der Waals surface area (Å²) >= 11 is 0. The molecule has 0 aromatic carbocycles. The van der Waals surface area contributed by atoms with E-state index in [4.69, 9.17) is 4.74 Å². The molecule has 1 saturated heterocycles. The number of hydrogen-bond acceptors (Lipinski definition) is 4. The molecule has 0 atom stereocenters. The third-order valence-corrected chi connectivity index (χ3v) is 4.44. The maximum Gasteiger partial charge on any atom is 0.435 e. The average Bonchev–Trinajstić information content (AvgIpc) is 2.45. The first kappa shape index (κ1) is 15.1. The van der Waals surface area contributed by atoms with Gasteiger partial charge >= 0.3 is 6.18 Å². The summed E-state index contributed by atoms with van der Waals surface area (Å²) in [6.45, 7) is 1.59. The number of rotatable bonds is 3. The van der Waals surface area contributed by atoms with Crippen LogP contribution < -0.4 is 4.74 Å². The molecule has 5 nitrogen and oxygen atoms in total. The van der Waals surface area contributed by atoms with Crippen LogP contribution in [0.25, 0.3) is 0 Å². The Hall–Kier alpha value is -1.86. The Morgan fingerprint density at radius 3 is 2.41 bits per heavy atom. The Balaban J connectivity index is 1.52. The van der Waals surface area contributed by atoms with Crippen LogP contribution >= 0.6 is 0 Å². The van der Waals surface area contributed by atoms with Gasteiger partial charge < -0.3 is 9.64 Å². The zero-order chi connectivity index (χ0) is 15.8. The summed E-state index contributed by atoms with van der Waals surface area (Å²) in [5, 5.41) is 6.64. The molecule has 120 valence electrons. The number of nitrogens with zero attached hydrogens (tertiary/aromatic N) is 3. The van der Waals surface area contributed by atoms with Crippen LogP contribution in [0.3, 0.4) is 0 Å². The summed E-state index contributed by atoms with van der Waals surface area (Å²) in [5.74, 6) is 0.122. The van der Waals surface area contributed by atoms with Crippen molar-refractivity contribution in [3.63, 3.8) is 0 Å². The lowest BCUT2D eigenvalue weighted by Gasteiger charge is -2.51. The lowest BCUT2D eigenvalue weighted by atomic mass is 9.68. The van der Waals surface area contributed by atoms with Crippen LogP contribution in [0, 0.1) is 5.41 Å². The second kappa shape index (κ2) is 5.40. The second-order valence-corrected chi connectivity index (χ2v) is 6.08. The summed E-state index contributed by atoms with van der Waals surface area (Å²) in [6.07, 6.45) is -0.137. The van der Waals surface area contributed by atoms with Crippen LogP contribution in [0.1, 0.15) is 31.4 Å². The minimum absolute atomic E-state index is 0.0538. The van der Waals surface area contributed by atoms with E-state index in [0.717, 1.165) is 51.2 Å². The standard InChI is InChI=1S/C14H16F3N3O2/c15-14(16,17)11-1-2-12(19-18-11)22-10-3-5-13(6-4-10)7-20(8-13)9-21/h1-2,9-10H,3-8H2. The molecule has 0 N–H and O–H groups in total. The number of ether oxygens (including phenoxy) is 1. The Labute approximate surface area is 125 Å². The Bertz CT molecular complexity index is 531. The molecule has 1 spiro atoms. The SMILES string of the molecule is O=CN1CC2(CCC(Oc3ccc(C(F)(F)F)nn3)CC2)C1. The maximum atomic E-state index is 12.4.